The molecule has 7 heteroatoms. The number of nitrogens with one attached hydrogen (secondary N) is 2. The predicted octanol–water partition coefficient (Wildman–Crippen LogP) is 3.55. The van der Waals surface area contributed by atoms with Crippen molar-refractivity contribution in [2.24, 2.45) is 4.99 Å². The fourth-order valence-corrected chi connectivity index (χ4v) is 2.48. The number of ether oxygens (including phenoxy) is 1. The quantitative estimate of drug-likeness (QED) is 0.318. The van der Waals surface area contributed by atoms with Crippen LogP contribution in [0.3, 0.4) is 0 Å². The molecule has 0 aromatic heterocycles. The third kappa shape index (κ3) is 7.34. The molecule has 0 heterocycles. The van der Waals surface area contributed by atoms with Crippen LogP contribution < -0.4 is 15.4 Å². The molecule has 0 spiro atoms. The van der Waals surface area contributed by atoms with Crippen LogP contribution in [0.5, 0.6) is 5.75 Å². The van der Waals surface area contributed by atoms with Gasteiger partial charge in [-0.25, -0.2) is 9.38 Å². The molecule has 0 saturated heterocycles. The zero-order chi connectivity index (χ0) is 18.9. The van der Waals surface area contributed by atoms with Crippen molar-refractivity contribution in [3.05, 3.63) is 65.0 Å². The first-order chi connectivity index (χ1) is 12.5. The molecule has 2 rings (SSSR count). The fraction of sp³-hybridized carbons (Fsp3) is 0.350. The van der Waals surface area contributed by atoms with Gasteiger partial charge in [0, 0.05) is 13.1 Å². The lowest BCUT2D eigenvalue weighted by molar-refractivity contribution is 0.180. The highest BCUT2D eigenvalue weighted by atomic mass is 127. The topological polar surface area (TPSA) is 65.9 Å². The number of aliphatic imine (C=N–C) groups is 1. The van der Waals surface area contributed by atoms with Crippen LogP contribution in [0.15, 0.2) is 47.5 Å². The molecule has 1 unspecified atom stereocenters. The number of halogens is 2. The summed E-state index contributed by atoms with van der Waals surface area (Å²) in [6.07, 6.45) is -0.693. The Hall–Kier alpha value is -1.87. The maximum atomic E-state index is 13.3. The molecule has 148 valence electrons. The van der Waals surface area contributed by atoms with Gasteiger partial charge in [-0.3, -0.25) is 0 Å². The van der Waals surface area contributed by atoms with Crippen molar-refractivity contribution < 1.29 is 14.2 Å². The third-order valence-corrected chi connectivity index (χ3v) is 3.93. The average molecular weight is 487 g/mol. The normalized spacial score (nSPS) is 12.1. The van der Waals surface area contributed by atoms with Gasteiger partial charge in [0.1, 0.15) is 11.6 Å². The molecule has 2 aromatic carbocycles. The highest BCUT2D eigenvalue weighted by molar-refractivity contribution is 14.0. The minimum atomic E-state index is -0.693. The Morgan fingerprint density at radius 1 is 1.22 bits per heavy atom. The summed E-state index contributed by atoms with van der Waals surface area (Å²) in [6.45, 7) is 5.13. The second-order valence-electron chi connectivity index (χ2n) is 5.95. The van der Waals surface area contributed by atoms with Gasteiger partial charge in [-0.2, -0.15) is 0 Å². The van der Waals surface area contributed by atoms with Crippen LogP contribution >= 0.6 is 24.0 Å². The van der Waals surface area contributed by atoms with Gasteiger partial charge in [-0.1, -0.05) is 24.3 Å². The van der Waals surface area contributed by atoms with E-state index in [2.05, 4.69) is 15.6 Å². The lowest BCUT2D eigenvalue weighted by Gasteiger charge is -2.16. The van der Waals surface area contributed by atoms with E-state index in [-0.39, 0.29) is 29.8 Å². The maximum absolute atomic E-state index is 13.3. The number of benzene rings is 2. The van der Waals surface area contributed by atoms with Crippen molar-refractivity contribution in [3.63, 3.8) is 0 Å². The lowest BCUT2D eigenvalue weighted by atomic mass is 10.1. The summed E-state index contributed by atoms with van der Waals surface area (Å²) in [5.74, 6) is 1.08. The number of hydrogen-bond donors (Lipinski definition) is 3. The van der Waals surface area contributed by atoms with E-state index in [1.807, 2.05) is 25.1 Å². The molecule has 0 radical (unpaired) electrons. The summed E-state index contributed by atoms with van der Waals surface area (Å²) in [5.41, 5.74) is 2.29. The molecule has 0 fully saturated rings. The van der Waals surface area contributed by atoms with Crippen LogP contribution in [0, 0.1) is 12.7 Å². The van der Waals surface area contributed by atoms with E-state index >= 15 is 0 Å². The highest BCUT2D eigenvalue weighted by Gasteiger charge is 2.09. The third-order valence-electron chi connectivity index (χ3n) is 3.93. The number of aryl methyl sites for hydroxylation is 1. The first kappa shape index (κ1) is 23.2. The van der Waals surface area contributed by atoms with Crippen molar-refractivity contribution in [2.75, 3.05) is 20.2 Å². The number of rotatable bonds is 7. The van der Waals surface area contributed by atoms with Crippen LogP contribution in [0.1, 0.15) is 29.7 Å². The van der Waals surface area contributed by atoms with E-state index in [4.69, 9.17) is 4.74 Å². The monoisotopic (exact) mass is 487 g/mol. The molecule has 0 aliphatic rings. The van der Waals surface area contributed by atoms with Crippen LogP contribution in [-0.2, 0) is 6.54 Å². The Kier molecular flexibility index (Phi) is 10.1. The predicted molar refractivity (Wildman–Crippen MR) is 117 cm³/mol. The Morgan fingerprint density at radius 2 is 2.00 bits per heavy atom. The number of hydrogen-bond acceptors (Lipinski definition) is 3. The van der Waals surface area contributed by atoms with Gasteiger partial charge < -0.3 is 20.5 Å². The van der Waals surface area contributed by atoms with Crippen molar-refractivity contribution >= 4 is 29.9 Å². The van der Waals surface area contributed by atoms with E-state index in [1.54, 1.807) is 32.2 Å². The molecule has 1 atom stereocenters. The smallest absolute Gasteiger partial charge is 0.191 e. The van der Waals surface area contributed by atoms with Crippen LogP contribution in [-0.4, -0.2) is 31.3 Å². The second kappa shape index (κ2) is 11.8. The molecular formula is C20H27FIN3O2. The van der Waals surface area contributed by atoms with Gasteiger partial charge in [-0.05, 0) is 48.7 Å². The summed E-state index contributed by atoms with van der Waals surface area (Å²) >= 11 is 0. The summed E-state index contributed by atoms with van der Waals surface area (Å²) < 4.78 is 18.5. The molecule has 0 aliphatic heterocycles. The zero-order valence-corrected chi connectivity index (χ0v) is 18.2. The zero-order valence-electron chi connectivity index (χ0n) is 15.8. The van der Waals surface area contributed by atoms with Gasteiger partial charge in [0.25, 0.3) is 0 Å². The van der Waals surface area contributed by atoms with Gasteiger partial charge >= 0.3 is 0 Å². The van der Waals surface area contributed by atoms with Crippen molar-refractivity contribution in [2.45, 2.75) is 26.5 Å². The molecule has 2 aromatic rings. The first-order valence-corrected chi connectivity index (χ1v) is 8.62. The molecule has 0 aliphatic carbocycles. The fourth-order valence-electron chi connectivity index (χ4n) is 2.48. The molecular weight excluding hydrogens is 460 g/mol. The number of aliphatic hydroxyl groups excluding tert-OH is 1. The van der Waals surface area contributed by atoms with E-state index in [9.17, 15) is 9.50 Å². The molecule has 27 heavy (non-hydrogen) atoms. The first-order valence-electron chi connectivity index (χ1n) is 8.62. The van der Waals surface area contributed by atoms with E-state index < -0.39 is 6.10 Å². The number of aliphatic hydroxyl groups is 1. The summed E-state index contributed by atoms with van der Waals surface area (Å²) in [5, 5.41) is 16.6. The van der Waals surface area contributed by atoms with Gasteiger partial charge in [-0.15, -0.1) is 24.0 Å². The molecule has 5 nitrogen and oxygen atoms in total. The van der Waals surface area contributed by atoms with E-state index in [0.29, 0.717) is 36.9 Å². The standard InChI is InChI=1S/C20H26FN3O2.HI/c1-4-22-20(23-12-15-8-9-18(21)14(2)10-15)24-13-19(25)16-6-5-7-17(11-16)26-3;/h5-11,19,25H,4,12-13H2,1-3H3,(H2,22,23,24);1H. The minimum absolute atomic E-state index is 0. The van der Waals surface area contributed by atoms with Crippen molar-refractivity contribution in [1.29, 1.82) is 0 Å². The number of guanidine groups is 1. The summed E-state index contributed by atoms with van der Waals surface area (Å²) in [7, 11) is 1.59. The van der Waals surface area contributed by atoms with Crippen molar-refractivity contribution in [3.8, 4) is 5.75 Å². The largest absolute Gasteiger partial charge is 0.497 e. The van der Waals surface area contributed by atoms with Crippen LogP contribution in [0.25, 0.3) is 0 Å². The van der Waals surface area contributed by atoms with Gasteiger partial charge in [0.2, 0.25) is 0 Å². The molecule has 3 N–H and O–H groups in total. The second-order valence-corrected chi connectivity index (χ2v) is 5.95. The van der Waals surface area contributed by atoms with Gasteiger partial charge in [0.15, 0.2) is 5.96 Å². The number of nitrogens with zero attached hydrogens (tertiary/aromatic N) is 1. The van der Waals surface area contributed by atoms with Gasteiger partial charge in [0.05, 0.1) is 19.8 Å². The Balaban J connectivity index is 0.00000364. The summed E-state index contributed by atoms with van der Waals surface area (Å²) in [4.78, 5) is 4.49. The minimum Gasteiger partial charge on any atom is -0.497 e. The van der Waals surface area contributed by atoms with E-state index in [0.717, 1.165) is 11.1 Å². The molecule has 0 bridgehead atoms. The Morgan fingerprint density at radius 3 is 2.67 bits per heavy atom. The SMILES string of the molecule is CCNC(=NCc1ccc(F)c(C)c1)NCC(O)c1cccc(OC)c1.I. The Labute approximate surface area is 177 Å². The molecule has 0 amide bonds. The summed E-state index contributed by atoms with van der Waals surface area (Å²) in [6, 6.07) is 12.3. The molecule has 0 saturated carbocycles. The number of methoxy groups -OCH3 is 1. The maximum Gasteiger partial charge on any atom is 0.191 e. The highest BCUT2D eigenvalue weighted by Crippen LogP contribution is 2.18. The van der Waals surface area contributed by atoms with E-state index in [1.165, 1.54) is 6.07 Å². The van der Waals surface area contributed by atoms with Crippen LogP contribution in [0.4, 0.5) is 4.39 Å². The lowest BCUT2D eigenvalue weighted by Crippen LogP contribution is -2.39. The van der Waals surface area contributed by atoms with Crippen LogP contribution in [0.2, 0.25) is 0 Å². The average Bonchev–Trinajstić information content (AvgIpc) is 2.66. The Bertz CT molecular complexity index is 756. The van der Waals surface area contributed by atoms with Crippen molar-refractivity contribution in [1.82, 2.24) is 10.6 Å².